The summed E-state index contributed by atoms with van der Waals surface area (Å²) in [6.07, 6.45) is 1.30. The van der Waals surface area contributed by atoms with E-state index in [-0.39, 0.29) is 16.1 Å². The van der Waals surface area contributed by atoms with Crippen molar-refractivity contribution in [3.05, 3.63) is 54.4 Å². The summed E-state index contributed by atoms with van der Waals surface area (Å²) in [6.45, 7) is -0.520. The molecule has 156 valence electrons. The summed E-state index contributed by atoms with van der Waals surface area (Å²) in [6, 6.07) is 9.71. The van der Waals surface area contributed by atoms with E-state index in [4.69, 9.17) is 9.84 Å². The molecule has 1 amide bonds. The number of hydrogen-bond acceptors (Lipinski definition) is 8. The van der Waals surface area contributed by atoms with E-state index in [0.717, 1.165) is 0 Å². The molecule has 0 aliphatic rings. The molecule has 1 heterocycles. The first-order chi connectivity index (χ1) is 14.3. The lowest BCUT2D eigenvalue weighted by Crippen LogP contribution is -2.29. The molecular formula is C17H16N6O6S. The van der Waals surface area contributed by atoms with Crippen LogP contribution in [0.15, 0.2) is 53.7 Å². The number of carboxylic acid groups (broad SMARTS) is 1. The lowest BCUT2D eigenvalue weighted by Gasteiger charge is -2.12. The van der Waals surface area contributed by atoms with Gasteiger partial charge in [-0.25, -0.2) is 8.42 Å². The summed E-state index contributed by atoms with van der Waals surface area (Å²) in [5.74, 6) is -1.39. The molecule has 1 aromatic heterocycles. The molecular weight excluding hydrogens is 416 g/mol. The molecule has 0 radical (unpaired) electrons. The minimum Gasteiger partial charge on any atom is -0.494 e. The molecule has 0 saturated heterocycles. The highest BCUT2D eigenvalue weighted by Crippen LogP contribution is 2.26. The monoisotopic (exact) mass is 432 g/mol. The number of carbonyl (C=O) groups excluding carboxylic acids is 1. The van der Waals surface area contributed by atoms with Crippen LogP contribution >= 0.6 is 0 Å². The fourth-order valence-corrected chi connectivity index (χ4v) is 3.53. The van der Waals surface area contributed by atoms with Gasteiger partial charge in [0, 0.05) is 11.3 Å². The van der Waals surface area contributed by atoms with Gasteiger partial charge < -0.3 is 15.2 Å². The predicted octanol–water partition coefficient (Wildman–Crippen LogP) is 0.286. The highest BCUT2D eigenvalue weighted by molar-refractivity contribution is 7.92. The normalized spacial score (nSPS) is 11.0. The molecule has 3 N–H and O–H groups in total. The average molecular weight is 432 g/mol. The molecule has 12 nitrogen and oxygen atoms in total. The summed E-state index contributed by atoms with van der Waals surface area (Å²) in [7, 11) is -2.54. The van der Waals surface area contributed by atoms with Crippen molar-refractivity contribution in [2.75, 3.05) is 18.4 Å². The Kier molecular flexibility index (Phi) is 5.92. The smallest absolute Gasteiger partial charge is 0.322 e. The number of methoxy groups -OCH3 is 1. The van der Waals surface area contributed by atoms with Crippen LogP contribution in [-0.2, 0) is 14.8 Å². The van der Waals surface area contributed by atoms with Gasteiger partial charge in [-0.15, -0.1) is 5.10 Å². The van der Waals surface area contributed by atoms with Gasteiger partial charge in [-0.05, 0) is 52.9 Å². The van der Waals surface area contributed by atoms with Gasteiger partial charge in [-0.3, -0.25) is 14.3 Å². The Labute approximate surface area is 170 Å². The first-order valence-corrected chi connectivity index (χ1v) is 9.83. The number of nitrogens with zero attached hydrogens (tertiary/aromatic N) is 4. The minimum absolute atomic E-state index is 0.0583. The van der Waals surface area contributed by atoms with E-state index in [1.807, 2.05) is 0 Å². The Balaban J connectivity index is 1.81. The summed E-state index contributed by atoms with van der Waals surface area (Å²) < 4.78 is 34.4. The van der Waals surface area contributed by atoms with Gasteiger partial charge in [0.1, 0.15) is 24.3 Å². The number of ether oxygens (including phenoxy) is 1. The first kappa shape index (κ1) is 20.7. The molecule has 2 aromatic carbocycles. The quantitative estimate of drug-likeness (QED) is 0.453. The maximum atomic E-state index is 12.8. The van der Waals surface area contributed by atoms with Crippen LogP contribution in [0.4, 0.5) is 5.69 Å². The van der Waals surface area contributed by atoms with Crippen LogP contribution in [0.3, 0.4) is 0 Å². The Hall–Kier alpha value is -4.00. The van der Waals surface area contributed by atoms with Crippen molar-refractivity contribution in [2.24, 2.45) is 0 Å². The molecule has 13 heteroatoms. The third-order valence-electron chi connectivity index (χ3n) is 3.86. The third-order valence-corrected chi connectivity index (χ3v) is 5.23. The number of carboxylic acids is 1. The zero-order valence-corrected chi connectivity index (χ0v) is 16.3. The van der Waals surface area contributed by atoms with Gasteiger partial charge in [0.05, 0.1) is 12.0 Å². The van der Waals surface area contributed by atoms with E-state index in [1.54, 1.807) is 0 Å². The minimum atomic E-state index is -3.97. The lowest BCUT2D eigenvalue weighted by molar-refractivity contribution is -0.135. The zero-order chi connectivity index (χ0) is 21.7. The van der Waals surface area contributed by atoms with Gasteiger partial charge >= 0.3 is 5.97 Å². The van der Waals surface area contributed by atoms with Gasteiger partial charge in [-0.2, -0.15) is 4.68 Å². The number of sulfonamides is 1. The molecule has 0 aliphatic heterocycles. The summed E-state index contributed by atoms with van der Waals surface area (Å²) in [5.41, 5.74) is 0.727. The van der Waals surface area contributed by atoms with Crippen molar-refractivity contribution < 1.29 is 27.9 Å². The number of benzene rings is 2. The van der Waals surface area contributed by atoms with E-state index in [1.165, 1.54) is 60.6 Å². The molecule has 0 atom stereocenters. The Morgan fingerprint density at radius 2 is 1.90 bits per heavy atom. The summed E-state index contributed by atoms with van der Waals surface area (Å²) in [4.78, 5) is 22.3. The summed E-state index contributed by atoms with van der Waals surface area (Å²) in [5, 5.41) is 21.6. The fourth-order valence-electron chi connectivity index (χ4n) is 2.45. The van der Waals surface area contributed by atoms with Crippen LogP contribution in [-0.4, -0.2) is 59.3 Å². The van der Waals surface area contributed by atoms with Crippen molar-refractivity contribution >= 4 is 27.6 Å². The number of nitrogens with one attached hydrogen (secondary N) is 2. The topological polar surface area (TPSA) is 165 Å². The molecule has 3 aromatic rings. The van der Waals surface area contributed by atoms with Crippen molar-refractivity contribution in [3.63, 3.8) is 0 Å². The van der Waals surface area contributed by atoms with Crippen molar-refractivity contribution in [1.29, 1.82) is 0 Å². The van der Waals surface area contributed by atoms with Gasteiger partial charge in [0.2, 0.25) is 0 Å². The second kappa shape index (κ2) is 8.57. The fraction of sp³-hybridized carbons (Fsp3) is 0.118. The van der Waals surface area contributed by atoms with Gasteiger partial charge in [-0.1, -0.05) is 0 Å². The van der Waals surface area contributed by atoms with Crippen molar-refractivity contribution in [1.82, 2.24) is 25.5 Å². The number of rotatable bonds is 8. The van der Waals surface area contributed by atoms with Crippen LogP contribution in [0.25, 0.3) is 5.69 Å². The Morgan fingerprint density at radius 1 is 1.17 bits per heavy atom. The second-order valence-corrected chi connectivity index (χ2v) is 7.53. The standard InChI is InChI=1S/C17H16N6O6S/c1-29-15-7-6-13(8-14(15)23-10-19-21-22-23)30(27,28)20-12-4-2-11(3-5-12)17(26)18-9-16(24)25/h2-8,10,20H,9H2,1H3,(H,18,26)(H,24,25). The average Bonchev–Trinajstić information content (AvgIpc) is 3.26. The van der Waals surface area contributed by atoms with E-state index >= 15 is 0 Å². The molecule has 0 unspecified atom stereocenters. The van der Waals surface area contributed by atoms with E-state index < -0.39 is 28.4 Å². The molecule has 30 heavy (non-hydrogen) atoms. The predicted molar refractivity (Wildman–Crippen MR) is 103 cm³/mol. The number of aliphatic carboxylic acids is 1. The van der Waals surface area contributed by atoms with Crippen LogP contribution in [0.2, 0.25) is 0 Å². The molecule has 0 fully saturated rings. The molecule has 0 bridgehead atoms. The van der Waals surface area contributed by atoms with Crippen molar-refractivity contribution in [2.45, 2.75) is 4.90 Å². The maximum absolute atomic E-state index is 12.8. The van der Waals surface area contributed by atoms with Crippen LogP contribution in [0.1, 0.15) is 10.4 Å². The second-order valence-electron chi connectivity index (χ2n) is 5.85. The van der Waals surface area contributed by atoms with Gasteiger partial charge in [0.25, 0.3) is 15.9 Å². The highest BCUT2D eigenvalue weighted by Gasteiger charge is 2.18. The van der Waals surface area contributed by atoms with Crippen LogP contribution in [0.5, 0.6) is 5.75 Å². The number of carbonyl (C=O) groups is 2. The lowest BCUT2D eigenvalue weighted by atomic mass is 10.2. The molecule has 0 saturated carbocycles. The Morgan fingerprint density at radius 3 is 2.50 bits per heavy atom. The van der Waals surface area contributed by atoms with Gasteiger partial charge in [0.15, 0.2) is 0 Å². The molecule has 0 spiro atoms. The summed E-state index contributed by atoms with van der Waals surface area (Å²) >= 11 is 0. The number of anilines is 1. The SMILES string of the molecule is COc1ccc(S(=O)(=O)Nc2ccc(C(=O)NCC(=O)O)cc2)cc1-n1cnnn1. The zero-order valence-electron chi connectivity index (χ0n) is 15.5. The van der Waals surface area contributed by atoms with E-state index in [0.29, 0.717) is 11.4 Å². The number of hydrogen-bond donors (Lipinski definition) is 3. The third kappa shape index (κ3) is 4.70. The highest BCUT2D eigenvalue weighted by atomic mass is 32.2. The largest absolute Gasteiger partial charge is 0.494 e. The number of aromatic nitrogens is 4. The van der Waals surface area contributed by atoms with Crippen LogP contribution in [0, 0.1) is 0 Å². The number of amides is 1. The number of tetrazole rings is 1. The first-order valence-electron chi connectivity index (χ1n) is 8.34. The molecule has 0 aliphatic carbocycles. The maximum Gasteiger partial charge on any atom is 0.322 e. The molecule has 3 rings (SSSR count). The van der Waals surface area contributed by atoms with Crippen molar-refractivity contribution in [3.8, 4) is 11.4 Å². The van der Waals surface area contributed by atoms with E-state index in [2.05, 4.69) is 25.6 Å². The van der Waals surface area contributed by atoms with E-state index in [9.17, 15) is 18.0 Å². The Bertz CT molecular complexity index is 1160. The van der Waals surface area contributed by atoms with Crippen LogP contribution < -0.4 is 14.8 Å².